The van der Waals surface area contributed by atoms with Gasteiger partial charge in [-0.3, -0.25) is 4.79 Å². The Morgan fingerprint density at radius 2 is 1.50 bits per heavy atom. The highest BCUT2D eigenvalue weighted by atomic mass is 16.4. The van der Waals surface area contributed by atoms with E-state index in [1.165, 1.54) is 63.3 Å². The molecule has 0 spiro atoms. The molecular formula is C24H33N3O3. The van der Waals surface area contributed by atoms with E-state index in [0.717, 1.165) is 31.2 Å². The Balaban J connectivity index is 1.86. The van der Waals surface area contributed by atoms with Gasteiger partial charge in [-0.2, -0.15) is 5.26 Å². The van der Waals surface area contributed by atoms with Gasteiger partial charge < -0.3 is 15.7 Å². The van der Waals surface area contributed by atoms with Crippen molar-refractivity contribution < 1.29 is 14.7 Å². The van der Waals surface area contributed by atoms with Crippen molar-refractivity contribution in [3.63, 3.8) is 0 Å². The smallest absolute Gasteiger partial charge is 0.335 e. The average Bonchev–Trinajstić information content (AvgIpc) is 2.73. The minimum atomic E-state index is -0.968. The van der Waals surface area contributed by atoms with Crippen LogP contribution in [0.25, 0.3) is 0 Å². The highest BCUT2D eigenvalue weighted by Gasteiger charge is 2.16. The van der Waals surface area contributed by atoms with E-state index in [9.17, 15) is 14.9 Å². The van der Waals surface area contributed by atoms with Gasteiger partial charge in [0.1, 0.15) is 11.6 Å². The molecule has 0 aromatic heterocycles. The summed E-state index contributed by atoms with van der Waals surface area (Å²) in [7, 11) is 0. The maximum atomic E-state index is 12.6. The van der Waals surface area contributed by atoms with E-state index in [2.05, 4.69) is 10.6 Å². The summed E-state index contributed by atoms with van der Waals surface area (Å²) < 4.78 is 0. The summed E-state index contributed by atoms with van der Waals surface area (Å²) in [5.41, 5.74) is 1.15. The molecule has 1 aliphatic rings. The molecule has 0 radical (unpaired) electrons. The van der Waals surface area contributed by atoms with Crippen molar-refractivity contribution in [1.82, 2.24) is 10.6 Å². The minimum Gasteiger partial charge on any atom is -0.478 e. The minimum absolute atomic E-state index is 0.0586. The van der Waals surface area contributed by atoms with Gasteiger partial charge in [0.05, 0.1) is 5.56 Å². The number of nitrogens with one attached hydrogen (secondary N) is 2. The van der Waals surface area contributed by atoms with Gasteiger partial charge in [0.2, 0.25) is 0 Å². The Hall–Kier alpha value is -2.81. The van der Waals surface area contributed by atoms with Crippen LogP contribution in [0.4, 0.5) is 0 Å². The van der Waals surface area contributed by atoms with Crippen LogP contribution < -0.4 is 10.6 Å². The molecule has 1 amide bonds. The highest BCUT2D eigenvalue weighted by molar-refractivity contribution is 5.97. The molecule has 2 rings (SSSR count). The van der Waals surface area contributed by atoms with Crippen LogP contribution in [0.5, 0.6) is 0 Å². The number of benzene rings is 1. The molecule has 30 heavy (non-hydrogen) atoms. The zero-order valence-corrected chi connectivity index (χ0v) is 17.7. The first-order valence-electron chi connectivity index (χ1n) is 11.1. The second-order valence-corrected chi connectivity index (χ2v) is 7.98. The summed E-state index contributed by atoms with van der Waals surface area (Å²) in [4.78, 5) is 23.5. The first-order chi connectivity index (χ1) is 14.6. The molecule has 0 heterocycles. The number of nitrogens with zero attached hydrogens (tertiary/aromatic N) is 1. The van der Waals surface area contributed by atoms with Crippen LogP contribution in [0, 0.1) is 11.3 Å². The fourth-order valence-corrected chi connectivity index (χ4v) is 3.76. The molecule has 162 valence electrons. The van der Waals surface area contributed by atoms with Crippen LogP contribution in [-0.4, -0.2) is 23.0 Å². The summed E-state index contributed by atoms with van der Waals surface area (Å²) >= 11 is 0. The number of rotatable bonds is 6. The van der Waals surface area contributed by atoms with E-state index in [1.807, 2.05) is 6.07 Å². The lowest BCUT2D eigenvalue weighted by Crippen LogP contribution is -2.36. The van der Waals surface area contributed by atoms with Crippen molar-refractivity contribution in [2.45, 2.75) is 83.2 Å². The largest absolute Gasteiger partial charge is 0.478 e. The predicted octanol–water partition coefficient (Wildman–Crippen LogP) is 4.67. The van der Waals surface area contributed by atoms with Gasteiger partial charge in [-0.1, -0.05) is 69.9 Å². The third kappa shape index (κ3) is 8.69. The van der Waals surface area contributed by atoms with Gasteiger partial charge in [0.25, 0.3) is 5.91 Å². The second-order valence-electron chi connectivity index (χ2n) is 7.98. The number of carboxylic acid groups (broad SMARTS) is 1. The van der Waals surface area contributed by atoms with Crippen molar-refractivity contribution in [2.75, 3.05) is 0 Å². The predicted molar refractivity (Wildman–Crippen MR) is 117 cm³/mol. The molecule has 6 heteroatoms. The Labute approximate surface area is 179 Å². The highest BCUT2D eigenvalue weighted by Crippen LogP contribution is 2.17. The van der Waals surface area contributed by atoms with E-state index in [1.54, 1.807) is 12.1 Å². The number of carboxylic acids is 1. The Morgan fingerprint density at radius 3 is 2.00 bits per heavy atom. The van der Waals surface area contributed by atoms with Gasteiger partial charge in [-0.25, -0.2) is 4.79 Å². The summed E-state index contributed by atoms with van der Waals surface area (Å²) in [6, 6.07) is 8.59. The average molecular weight is 412 g/mol. The van der Waals surface area contributed by atoms with Crippen molar-refractivity contribution in [3.05, 3.63) is 47.2 Å². The van der Waals surface area contributed by atoms with Crippen molar-refractivity contribution in [2.24, 2.45) is 0 Å². The third-order valence-corrected chi connectivity index (χ3v) is 5.56. The molecule has 6 nitrogen and oxygen atoms in total. The fourth-order valence-electron chi connectivity index (χ4n) is 3.76. The molecule has 0 unspecified atom stereocenters. The van der Waals surface area contributed by atoms with Crippen LogP contribution in [0.15, 0.2) is 36.0 Å². The summed E-state index contributed by atoms with van der Waals surface area (Å²) in [5, 5.41) is 24.4. The molecule has 0 atom stereocenters. The SMILES string of the molecule is N#C/C(=C/NCc1ccc(C(=O)O)cc1)C(=O)NC1CCCCCCCCCCC1. The summed E-state index contributed by atoms with van der Waals surface area (Å²) in [5.74, 6) is -1.30. The number of carbonyl (C=O) groups excluding carboxylic acids is 1. The van der Waals surface area contributed by atoms with Crippen LogP contribution in [0.2, 0.25) is 0 Å². The fraction of sp³-hybridized carbons (Fsp3) is 0.542. The molecule has 1 aromatic rings. The van der Waals surface area contributed by atoms with E-state index in [-0.39, 0.29) is 23.1 Å². The summed E-state index contributed by atoms with van der Waals surface area (Å²) in [6.45, 7) is 0.405. The third-order valence-electron chi connectivity index (χ3n) is 5.56. The first kappa shape index (κ1) is 23.5. The van der Waals surface area contributed by atoms with Crippen molar-refractivity contribution in [1.29, 1.82) is 5.26 Å². The van der Waals surface area contributed by atoms with Gasteiger partial charge in [0, 0.05) is 18.8 Å². The van der Waals surface area contributed by atoms with Crippen molar-refractivity contribution in [3.8, 4) is 6.07 Å². The Bertz CT molecular complexity index is 738. The number of hydrogen-bond donors (Lipinski definition) is 3. The lowest BCUT2D eigenvalue weighted by molar-refractivity contribution is -0.117. The topological polar surface area (TPSA) is 102 Å². The second kappa shape index (κ2) is 13.4. The standard InChI is InChI=1S/C24H33N3O3/c25-16-21(18-26-17-19-12-14-20(15-13-19)24(29)30)23(28)27-22-10-8-6-4-2-1-3-5-7-9-11-22/h12-15,18,22,26H,1-11,17H2,(H,27,28)(H,29,30)/b21-18-. The number of aromatic carboxylic acids is 1. The zero-order chi connectivity index (χ0) is 21.6. The van der Waals surface area contributed by atoms with Gasteiger partial charge in [-0.15, -0.1) is 0 Å². The Kier molecular flexibility index (Phi) is 10.5. The molecule has 1 aromatic carbocycles. The summed E-state index contributed by atoms with van der Waals surface area (Å²) in [6.07, 6.45) is 14.5. The van der Waals surface area contributed by atoms with E-state index < -0.39 is 5.97 Å². The first-order valence-corrected chi connectivity index (χ1v) is 11.1. The normalized spacial score (nSPS) is 17.1. The van der Waals surface area contributed by atoms with Crippen LogP contribution >= 0.6 is 0 Å². The molecule has 0 aliphatic heterocycles. The number of amides is 1. The number of nitriles is 1. The lowest BCUT2D eigenvalue weighted by atomic mass is 9.98. The van der Waals surface area contributed by atoms with Gasteiger partial charge in [-0.05, 0) is 30.5 Å². The van der Waals surface area contributed by atoms with Gasteiger partial charge >= 0.3 is 5.97 Å². The quantitative estimate of drug-likeness (QED) is 0.466. The van der Waals surface area contributed by atoms with E-state index in [4.69, 9.17) is 5.11 Å². The zero-order valence-electron chi connectivity index (χ0n) is 17.7. The molecular weight excluding hydrogens is 378 g/mol. The van der Waals surface area contributed by atoms with Crippen LogP contribution in [-0.2, 0) is 11.3 Å². The number of carbonyl (C=O) groups is 2. The van der Waals surface area contributed by atoms with Crippen LogP contribution in [0.1, 0.15) is 86.6 Å². The molecule has 1 aliphatic carbocycles. The lowest BCUT2D eigenvalue weighted by Gasteiger charge is -2.19. The molecule has 1 fully saturated rings. The van der Waals surface area contributed by atoms with Crippen LogP contribution in [0.3, 0.4) is 0 Å². The molecule has 0 bridgehead atoms. The number of hydrogen-bond acceptors (Lipinski definition) is 4. The van der Waals surface area contributed by atoms with E-state index >= 15 is 0 Å². The molecule has 0 saturated heterocycles. The van der Waals surface area contributed by atoms with Crippen molar-refractivity contribution >= 4 is 11.9 Å². The van der Waals surface area contributed by atoms with Gasteiger partial charge in [0.15, 0.2) is 0 Å². The Morgan fingerprint density at radius 1 is 0.967 bits per heavy atom. The molecule has 3 N–H and O–H groups in total. The maximum absolute atomic E-state index is 12.6. The monoisotopic (exact) mass is 411 g/mol. The molecule has 1 saturated carbocycles. The maximum Gasteiger partial charge on any atom is 0.335 e. The van der Waals surface area contributed by atoms with E-state index in [0.29, 0.717) is 6.54 Å².